The second-order valence-corrected chi connectivity index (χ2v) is 10.0. The Labute approximate surface area is 190 Å². The van der Waals surface area contributed by atoms with Gasteiger partial charge in [0.15, 0.2) is 0 Å². The van der Waals surface area contributed by atoms with Gasteiger partial charge in [0, 0.05) is 29.4 Å². The number of anilines is 1. The first-order valence-corrected chi connectivity index (χ1v) is 12.3. The fourth-order valence-corrected chi connectivity index (χ4v) is 4.72. The van der Waals surface area contributed by atoms with E-state index in [9.17, 15) is 13.2 Å². The Kier molecular flexibility index (Phi) is 5.22. The Hall–Kier alpha value is -3.57. The van der Waals surface area contributed by atoms with Gasteiger partial charge in [0.05, 0.1) is 12.5 Å². The van der Waals surface area contributed by atoms with Crippen LogP contribution in [0, 0.1) is 6.92 Å². The third-order valence-corrected chi connectivity index (χ3v) is 6.46. The predicted octanol–water partition coefficient (Wildman–Crippen LogP) is 2.74. The van der Waals surface area contributed by atoms with Gasteiger partial charge >= 0.3 is 0 Å². The van der Waals surface area contributed by atoms with Gasteiger partial charge in [-0.25, -0.2) is 18.1 Å². The number of rotatable bonds is 6. The minimum Gasteiger partial charge on any atom is -0.339 e. The van der Waals surface area contributed by atoms with E-state index in [2.05, 4.69) is 25.2 Å². The highest BCUT2D eigenvalue weighted by atomic mass is 32.2. The normalized spacial score (nSPS) is 18.2. The molecule has 1 amide bonds. The number of nitrogens with zero attached hydrogens (tertiary/aromatic N) is 4. The molecule has 5 rings (SSSR count). The summed E-state index contributed by atoms with van der Waals surface area (Å²) in [5, 5.41) is 7.02. The first-order chi connectivity index (χ1) is 15.8. The monoisotopic (exact) mass is 466 g/mol. The van der Waals surface area contributed by atoms with Crippen molar-refractivity contribution in [3.63, 3.8) is 0 Å². The van der Waals surface area contributed by atoms with E-state index in [1.54, 1.807) is 22.9 Å². The highest BCUT2D eigenvalue weighted by Crippen LogP contribution is 2.37. The fourth-order valence-electron chi connectivity index (χ4n) is 3.92. The van der Waals surface area contributed by atoms with E-state index in [0.29, 0.717) is 47.1 Å². The molecule has 170 valence electrons. The minimum absolute atomic E-state index is 0.0188. The first-order valence-electron chi connectivity index (χ1n) is 10.4. The molecule has 1 aliphatic rings. The number of imidazole rings is 1. The van der Waals surface area contributed by atoms with Crippen LogP contribution in [0.1, 0.15) is 40.7 Å². The standard InChI is InChI=1S/C22H22N6O4S/c1-13-6-7-14(20-25-22(32-26-20)15-9-16(10-15)27-33(2,30)31)11-17(13)24-21(29)18-12-23-19-5-3-4-8-28(18)19/h3-8,11-12,15-16,27H,9-10H2,1-2H3,(H,24,29). The Morgan fingerprint density at radius 2 is 2.03 bits per heavy atom. The summed E-state index contributed by atoms with van der Waals surface area (Å²) in [4.78, 5) is 21.6. The lowest BCUT2D eigenvalue weighted by molar-refractivity contribution is 0.102. The Morgan fingerprint density at radius 3 is 2.82 bits per heavy atom. The van der Waals surface area contributed by atoms with Gasteiger partial charge in [-0.05, 0) is 43.5 Å². The number of benzene rings is 1. The molecule has 1 saturated carbocycles. The molecule has 0 radical (unpaired) electrons. The summed E-state index contributed by atoms with van der Waals surface area (Å²) in [5.41, 5.74) is 3.35. The molecule has 3 aromatic heterocycles. The van der Waals surface area contributed by atoms with E-state index in [-0.39, 0.29) is 17.9 Å². The number of pyridine rings is 1. The number of fused-ring (bicyclic) bond motifs is 1. The third-order valence-electron chi connectivity index (χ3n) is 5.70. The molecule has 1 aliphatic carbocycles. The lowest BCUT2D eigenvalue weighted by Crippen LogP contribution is -2.42. The van der Waals surface area contributed by atoms with E-state index < -0.39 is 10.0 Å². The fraction of sp³-hybridized carbons (Fsp3) is 0.273. The average Bonchev–Trinajstić information content (AvgIpc) is 3.38. The van der Waals surface area contributed by atoms with Crippen molar-refractivity contribution in [2.75, 3.05) is 11.6 Å². The SMILES string of the molecule is Cc1ccc(-c2noc(C3CC(NS(C)(=O)=O)C3)n2)cc1NC(=O)c1cnc2ccccn12. The van der Waals surface area contributed by atoms with Crippen LogP contribution in [0.4, 0.5) is 5.69 Å². The van der Waals surface area contributed by atoms with Gasteiger partial charge in [-0.2, -0.15) is 4.98 Å². The van der Waals surface area contributed by atoms with Crippen LogP contribution >= 0.6 is 0 Å². The van der Waals surface area contributed by atoms with Crippen molar-refractivity contribution in [1.82, 2.24) is 24.2 Å². The van der Waals surface area contributed by atoms with Gasteiger partial charge in [-0.1, -0.05) is 23.4 Å². The minimum atomic E-state index is -3.23. The molecule has 10 nitrogen and oxygen atoms in total. The zero-order valence-corrected chi connectivity index (χ0v) is 18.8. The van der Waals surface area contributed by atoms with Crippen LogP contribution in [-0.2, 0) is 10.0 Å². The van der Waals surface area contributed by atoms with E-state index in [1.807, 2.05) is 37.3 Å². The molecular weight excluding hydrogens is 444 g/mol. The van der Waals surface area contributed by atoms with Gasteiger partial charge in [-0.3, -0.25) is 9.20 Å². The maximum Gasteiger partial charge on any atom is 0.274 e. The molecule has 0 atom stereocenters. The molecule has 0 aliphatic heterocycles. The van der Waals surface area contributed by atoms with E-state index in [0.717, 1.165) is 11.8 Å². The van der Waals surface area contributed by atoms with E-state index in [4.69, 9.17) is 4.52 Å². The third kappa shape index (κ3) is 4.37. The topological polar surface area (TPSA) is 131 Å². The smallest absolute Gasteiger partial charge is 0.274 e. The Morgan fingerprint density at radius 1 is 1.21 bits per heavy atom. The zero-order chi connectivity index (χ0) is 23.2. The lowest BCUT2D eigenvalue weighted by atomic mass is 9.81. The Bertz CT molecular complexity index is 1450. The number of carbonyl (C=O) groups is 1. The van der Waals surface area contributed by atoms with Gasteiger partial charge in [0.2, 0.25) is 21.7 Å². The number of aromatic nitrogens is 4. The maximum absolute atomic E-state index is 12.9. The molecule has 11 heteroatoms. The maximum atomic E-state index is 12.9. The number of nitrogens with one attached hydrogen (secondary N) is 2. The largest absolute Gasteiger partial charge is 0.339 e. The summed E-state index contributed by atoms with van der Waals surface area (Å²) in [6, 6.07) is 11.0. The summed E-state index contributed by atoms with van der Waals surface area (Å²) in [5.74, 6) is 0.634. The number of hydrogen-bond acceptors (Lipinski definition) is 7. The summed E-state index contributed by atoms with van der Waals surface area (Å²) in [6.07, 6.45) is 5.71. The number of sulfonamides is 1. The van der Waals surface area contributed by atoms with Crippen molar-refractivity contribution in [1.29, 1.82) is 0 Å². The van der Waals surface area contributed by atoms with Gasteiger partial charge < -0.3 is 9.84 Å². The average molecular weight is 467 g/mol. The van der Waals surface area contributed by atoms with E-state index >= 15 is 0 Å². The molecule has 0 spiro atoms. The molecule has 0 unspecified atom stereocenters. The molecule has 1 aromatic carbocycles. The molecule has 0 saturated heterocycles. The predicted molar refractivity (Wildman–Crippen MR) is 121 cm³/mol. The van der Waals surface area contributed by atoms with Gasteiger partial charge in [0.1, 0.15) is 11.3 Å². The summed E-state index contributed by atoms with van der Waals surface area (Å²) >= 11 is 0. The molecule has 33 heavy (non-hydrogen) atoms. The van der Waals surface area contributed by atoms with Crippen LogP contribution in [0.5, 0.6) is 0 Å². The number of carbonyl (C=O) groups excluding carboxylic acids is 1. The molecule has 0 bridgehead atoms. The van der Waals surface area contributed by atoms with Crippen molar-refractivity contribution in [2.45, 2.75) is 31.7 Å². The van der Waals surface area contributed by atoms with Crippen molar-refractivity contribution in [2.24, 2.45) is 0 Å². The van der Waals surface area contributed by atoms with Gasteiger partial charge in [-0.15, -0.1) is 0 Å². The first kappa shape index (κ1) is 21.3. The molecule has 1 fully saturated rings. The van der Waals surface area contributed by atoms with Crippen molar-refractivity contribution >= 4 is 27.3 Å². The van der Waals surface area contributed by atoms with Crippen LogP contribution in [-0.4, -0.2) is 46.1 Å². The van der Waals surface area contributed by atoms with Crippen LogP contribution in [0.2, 0.25) is 0 Å². The molecule has 3 heterocycles. The lowest BCUT2D eigenvalue weighted by Gasteiger charge is -2.32. The number of aryl methyl sites for hydroxylation is 1. The molecule has 4 aromatic rings. The molecular formula is C22H22N6O4S. The van der Waals surface area contributed by atoms with Crippen LogP contribution < -0.4 is 10.0 Å². The number of hydrogen-bond donors (Lipinski definition) is 2. The van der Waals surface area contributed by atoms with Gasteiger partial charge in [0.25, 0.3) is 5.91 Å². The van der Waals surface area contributed by atoms with Crippen molar-refractivity contribution < 1.29 is 17.7 Å². The highest BCUT2D eigenvalue weighted by Gasteiger charge is 2.36. The second-order valence-electron chi connectivity index (χ2n) is 8.27. The number of amides is 1. The zero-order valence-electron chi connectivity index (χ0n) is 18.0. The highest BCUT2D eigenvalue weighted by molar-refractivity contribution is 7.88. The second kappa shape index (κ2) is 8.09. The molecule has 2 N–H and O–H groups in total. The van der Waals surface area contributed by atoms with Crippen molar-refractivity contribution in [3.8, 4) is 11.4 Å². The van der Waals surface area contributed by atoms with Crippen LogP contribution in [0.3, 0.4) is 0 Å². The van der Waals surface area contributed by atoms with Crippen LogP contribution in [0.25, 0.3) is 17.0 Å². The summed E-state index contributed by atoms with van der Waals surface area (Å²) < 4.78 is 32.4. The van der Waals surface area contributed by atoms with Crippen LogP contribution in [0.15, 0.2) is 53.3 Å². The summed E-state index contributed by atoms with van der Waals surface area (Å²) in [7, 11) is -3.23. The van der Waals surface area contributed by atoms with E-state index in [1.165, 1.54) is 0 Å². The summed E-state index contributed by atoms with van der Waals surface area (Å²) in [6.45, 7) is 1.90. The Balaban J connectivity index is 1.32. The quantitative estimate of drug-likeness (QED) is 0.447. The van der Waals surface area contributed by atoms with Crippen molar-refractivity contribution in [3.05, 3.63) is 65.9 Å².